The number of carboxylic acid groups (broad SMARTS) is 1. The molecule has 5 heteroatoms. The number of aromatic carboxylic acids is 1. The molecule has 0 aliphatic carbocycles. The number of anilines is 1. The van der Waals surface area contributed by atoms with E-state index in [1.165, 1.54) is 0 Å². The smallest absolute Gasteiger partial charge is 0.335 e. The van der Waals surface area contributed by atoms with Crippen LogP contribution >= 0.6 is 0 Å². The van der Waals surface area contributed by atoms with Gasteiger partial charge in [-0.15, -0.1) is 0 Å². The summed E-state index contributed by atoms with van der Waals surface area (Å²) < 4.78 is 0. The number of fused-ring (bicyclic) bond motifs is 1. The summed E-state index contributed by atoms with van der Waals surface area (Å²) in [4.78, 5) is 26.2. The van der Waals surface area contributed by atoms with Crippen molar-refractivity contribution in [1.29, 1.82) is 0 Å². The van der Waals surface area contributed by atoms with Crippen molar-refractivity contribution in [3.05, 3.63) is 29.3 Å². The zero-order chi connectivity index (χ0) is 14.0. The van der Waals surface area contributed by atoms with Crippen LogP contribution in [0.15, 0.2) is 18.2 Å². The first-order valence-corrected chi connectivity index (χ1v) is 6.30. The zero-order valence-electron chi connectivity index (χ0n) is 11.2. The maximum absolute atomic E-state index is 11.6. The second kappa shape index (κ2) is 5.30. The van der Waals surface area contributed by atoms with Crippen molar-refractivity contribution in [2.45, 2.75) is 12.8 Å². The van der Waals surface area contributed by atoms with Gasteiger partial charge in [-0.1, -0.05) is 0 Å². The highest BCUT2D eigenvalue weighted by Crippen LogP contribution is 2.28. The summed E-state index contributed by atoms with van der Waals surface area (Å²) in [5.74, 6) is -0.792. The van der Waals surface area contributed by atoms with E-state index in [1.807, 2.05) is 6.07 Å². The molecule has 0 saturated carbocycles. The minimum atomic E-state index is -0.899. The normalized spacial score (nSPS) is 13.3. The first kappa shape index (κ1) is 13.4. The molecule has 5 nitrogen and oxygen atoms in total. The Morgan fingerprint density at radius 1 is 1.37 bits per heavy atom. The molecule has 1 heterocycles. The molecule has 0 atom stereocenters. The van der Waals surface area contributed by atoms with Crippen LogP contribution in [0.4, 0.5) is 5.69 Å². The Labute approximate surface area is 112 Å². The molecule has 1 aliphatic heterocycles. The summed E-state index contributed by atoms with van der Waals surface area (Å²) in [6.45, 7) is 1.52. The molecule has 0 unspecified atom stereocenters. The fraction of sp³-hybridized carbons (Fsp3) is 0.429. The number of benzene rings is 1. The van der Waals surface area contributed by atoms with Gasteiger partial charge in [0.1, 0.15) is 0 Å². The summed E-state index contributed by atoms with van der Waals surface area (Å²) in [7, 11) is 3.50. The average molecular weight is 262 g/mol. The number of carbonyl (C=O) groups excluding carboxylic acids is 1. The van der Waals surface area contributed by atoms with Gasteiger partial charge in [-0.25, -0.2) is 4.79 Å². The summed E-state index contributed by atoms with van der Waals surface area (Å²) in [6, 6.07) is 5.19. The first-order chi connectivity index (χ1) is 8.99. The van der Waals surface area contributed by atoms with Gasteiger partial charge in [-0.3, -0.25) is 4.79 Å². The van der Waals surface area contributed by atoms with Crippen molar-refractivity contribution in [2.75, 3.05) is 32.1 Å². The van der Waals surface area contributed by atoms with Gasteiger partial charge in [0.05, 0.1) is 5.56 Å². The van der Waals surface area contributed by atoms with Crippen molar-refractivity contribution in [3.8, 4) is 0 Å². The van der Waals surface area contributed by atoms with E-state index >= 15 is 0 Å². The van der Waals surface area contributed by atoms with Gasteiger partial charge in [0, 0.05) is 39.3 Å². The number of nitrogens with zero attached hydrogens (tertiary/aromatic N) is 2. The van der Waals surface area contributed by atoms with E-state index in [2.05, 4.69) is 4.90 Å². The van der Waals surface area contributed by atoms with Crippen LogP contribution in [0.2, 0.25) is 0 Å². The second-order valence-corrected chi connectivity index (χ2v) is 4.92. The van der Waals surface area contributed by atoms with Gasteiger partial charge in [0.2, 0.25) is 5.91 Å². The van der Waals surface area contributed by atoms with E-state index in [9.17, 15) is 9.59 Å². The third kappa shape index (κ3) is 2.86. The van der Waals surface area contributed by atoms with Gasteiger partial charge >= 0.3 is 5.97 Å². The number of amides is 1. The van der Waals surface area contributed by atoms with Crippen molar-refractivity contribution < 1.29 is 14.7 Å². The predicted molar refractivity (Wildman–Crippen MR) is 72.6 cm³/mol. The standard InChI is InChI=1S/C14H18N2O3/c1-15(2)13(17)6-8-16-7-5-10-9-11(14(18)19)3-4-12(10)16/h3-4,9H,5-8H2,1-2H3,(H,18,19). The Morgan fingerprint density at radius 3 is 2.74 bits per heavy atom. The molecule has 1 aromatic carbocycles. The lowest BCUT2D eigenvalue weighted by Crippen LogP contribution is -2.29. The van der Waals surface area contributed by atoms with E-state index in [0.29, 0.717) is 18.5 Å². The van der Waals surface area contributed by atoms with Crippen LogP contribution in [0.5, 0.6) is 0 Å². The van der Waals surface area contributed by atoms with Crippen LogP contribution in [0.25, 0.3) is 0 Å². The highest BCUT2D eigenvalue weighted by Gasteiger charge is 2.21. The van der Waals surface area contributed by atoms with E-state index in [-0.39, 0.29) is 5.91 Å². The summed E-state index contributed by atoms with van der Waals surface area (Å²) in [5.41, 5.74) is 2.43. The zero-order valence-corrected chi connectivity index (χ0v) is 11.2. The quantitative estimate of drug-likeness (QED) is 0.886. The van der Waals surface area contributed by atoms with Gasteiger partial charge in [-0.2, -0.15) is 0 Å². The Balaban J connectivity index is 2.06. The molecule has 0 bridgehead atoms. The summed E-state index contributed by atoms with van der Waals surface area (Å²) >= 11 is 0. The SMILES string of the molecule is CN(C)C(=O)CCN1CCc2cc(C(=O)O)ccc21. The van der Waals surface area contributed by atoms with E-state index in [0.717, 1.165) is 24.2 Å². The number of carboxylic acids is 1. The van der Waals surface area contributed by atoms with Crippen molar-refractivity contribution in [1.82, 2.24) is 4.90 Å². The molecular formula is C14H18N2O3. The molecule has 0 aromatic heterocycles. The fourth-order valence-electron chi connectivity index (χ4n) is 2.29. The Bertz CT molecular complexity index is 511. The monoisotopic (exact) mass is 262 g/mol. The lowest BCUT2D eigenvalue weighted by molar-refractivity contribution is -0.128. The third-order valence-electron chi connectivity index (χ3n) is 3.41. The van der Waals surface area contributed by atoms with Gasteiger partial charge in [0.15, 0.2) is 0 Å². The third-order valence-corrected chi connectivity index (χ3v) is 3.41. The van der Waals surface area contributed by atoms with E-state index in [1.54, 1.807) is 31.1 Å². The number of rotatable bonds is 4. The Hall–Kier alpha value is -2.04. The largest absolute Gasteiger partial charge is 0.478 e. The van der Waals surface area contributed by atoms with Gasteiger partial charge < -0.3 is 14.9 Å². The highest BCUT2D eigenvalue weighted by molar-refractivity contribution is 5.89. The molecule has 0 spiro atoms. The average Bonchev–Trinajstić information content (AvgIpc) is 2.77. The molecule has 1 N–H and O–H groups in total. The lowest BCUT2D eigenvalue weighted by Gasteiger charge is -2.20. The number of hydrogen-bond acceptors (Lipinski definition) is 3. The molecule has 2 rings (SSSR count). The summed E-state index contributed by atoms with van der Waals surface area (Å²) in [6.07, 6.45) is 1.32. The molecule has 1 aliphatic rings. The molecule has 0 saturated heterocycles. The fourth-order valence-corrected chi connectivity index (χ4v) is 2.29. The second-order valence-electron chi connectivity index (χ2n) is 4.92. The van der Waals surface area contributed by atoms with Crippen molar-refractivity contribution in [2.24, 2.45) is 0 Å². The minimum Gasteiger partial charge on any atom is -0.478 e. The highest BCUT2D eigenvalue weighted by atomic mass is 16.4. The van der Waals surface area contributed by atoms with E-state index < -0.39 is 5.97 Å². The van der Waals surface area contributed by atoms with Crippen molar-refractivity contribution >= 4 is 17.6 Å². The van der Waals surface area contributed by atoms with Crippen LogP contribution in [-0.4, -0.2) is 49.1 Å². The summed E-state index contributed by atoms with van der Waals surface area (Å²) in [5, 5.41) is 8.96. The number of hydrogen-bond donors (Lipinski definition) is 1. The maximum atomic E-state index is 11.6. The van der Waals surface area contributed by atoms with Crippen LogP contribution in [0.1, 0.15) is 22.3 Å². The first-order valence-electron chi connectivity index (χ1n) is 6.30. The number of carbonyl (C=O) groups is 2. The van der Waals surface area contributed by atoms with Gasteiger partial charge in [0.25, 0.3) is 0 Å². The molecule has 102 valence electrons. The topological polar surface area (TPSA) is 60.9 Å². The van der Waals surface area contributed by atoms with Crippen LogP contribution in [-0.2, 0) is 11.2 Å². The molecular weight excluding hydrogens is 244 g/mol. The molecule has 1 aromatic rings. The van der Waals surface area contributed by atoms with E-state index in [4.69, 9.17) is 5.11 Å². The molecule has 0 fully saturated rings. The van der Waals surface area contributed by atoms with Crippen LogP contribution in [0, 0.1) is 0 Å². The minimum absolute atomic E-state index is 0.107. The van der Waals surface area contributed by atoms with Crippen molar-refractivity contribution in [3.63, 3.8) is 0 Å². The van der Waals surface area contributed by atoms with Gasteiger partial charge in [-0.05, 0) is 30.2 Å². The molecule has 19 heavy (non-hydrogen) atoms. The Kier molecular flexibility index (Phi) is 3.74. The molecule has 0 radical (unpaired) electrons. The predicted octanol–water partition coefficient (Wildman–Crippen LogP) is 1.23. The maximum Gasteiger partial charge on any atom is 0.335 e. The van der Waals surface area contributed by atoms with Crippen LogP contribution < -0.4 is 4.90 Å². The Morgan fingerprint density at radius 2 is 2.11 bits per heavy atom. The molecule has 1 amide bonds. The van der Waals surface area contributed by atoms with Crippen LogP contribution in [0.3, 0.4) is 0 Å². The lowest BCUT2D eigenvalue weighted by atomic mass is 10.1.